The third kappa shape index (κ3) is 6.01. The van der Waals surface area contributed by atoms with E-state index in [1.54, 1.807) is 29.2 Å². The van der Waals surface area contributed by atoms with Gasteiger partial charge in [0.15, 0.2) is 0 Å². The van der Waals surface area contributed by atoms with Crippen molar-refractivity contribution < 1.29 is 27.8 Å². The van der Waals surface area contributed by atoms with Gasteiger partial charge in [-0.15, -0.1) is 0 Å². The summed E-state index contributed by atoms with van der Waals surface area (Å²) in [4.78, 5) is 14.0. The van der Waals surface area contributed by atoms with E-state index in [2.05, 4.69) is 10.1 Å². The number of benzene rings is 1. The predicted molar refractivity (Wildman–Crippen MR) is 83.0 cm³/mol. The van der Waals surface area contributed by atoms with Gasteiger partial charge < -0.3 is 20.1 Å². The molecule has 2 N–H and O–H groups in total. The van der Waals surface area contributed by atoms with E-state index in [1.165, 1.54) is 0 Å². The fourth-order valence-corrected chi connectivity index (χ4v) is 2.54. The first-order valence-corrected chi connectivity index (χ1v) is 7.81. The number of anilines is 1. The summed E-state index contributed by atoms with van der Waals surface area (Å²) in [5.74, 6) is -0.161. The molecule has 1 atom stereocenters. The van der Waals surface area contributed by atoms with E-state index in [-0.39, 0.29) is 19.1 Å². The number of likely N-dealkylation sites (tertiary alicyclic amines) is 1. The van der Waals surface area contributed by atoms with Crippen LogP contribution >= 0.6 is 0 Å². The van der Waals surface area contributed by atoms with Gasteiger partial charge in [0, 0.05) is 30.9 Å². The lowest BCUT2D eigenvalue weighted by atomic mass is 10.1. The second-order valence-corrected chi connectivity index (χ2v) is 5.72. The molecule has 8 heteroatoms. The first kappa shape index (κ1) is 18.5. The molecule has 1 aromatic rings. The molecule has 134 valence electrons. The molecule has 2 rings (SSSR count). The number of nitrogens with zero attached hydrogens (tertiary/aromatic N) is 1. The number of rotatable bonds is 6. The average molecular weight is 346 g/mol. The van der Waals surface area contributed by atoms with Gasteiger partial charge in [-0.3, -0.25) is 4.79 Å². The highest BCUT2D eigenvalue weighted by molar-refractivity contribution is 5.95. The van der Waals surface area contributed by atoms with Crippen molar-refractivity contribution in [3.8, 4) is 0 Å². The van der Waals surface area contributed by atoms with Crippen LogP contribution < -0.4 is 5.32 Å². The van der Waals surface area contributed by atoms with Crippen LogP contribution in [0.15, 0.2) is 24.3 Å². The lowest BCUT2D eigenvalue weighted by Crippen LogP contribution is -2.42. The molecule has 24 heavy (non-hydrogen) atoms. The largest absolute Gasteiger partial charge is 0.411 e. The molecule has 1 aliphatic heterocycles. The van der Waals surface area contributed by atoms with Crippen molar-refractivity contribution in [2.75, 3.05) is 38.2 Å². The van der Waals surface area contributed by atoms with Crippen molar-refractivity contribution >= 4 is 11.6 Å². The summed E-state index contributed by atoms with van der Waals surface area (Å²) in [6.07, 6.45) is -3.36. The third-order valence-corrected chi connectivity index (χ3v) is 3.63. The van der Waals surface area contributed by atoms with Gasteiger partial charge in [0.1, 0.15) is 6.61 Å². The lowest BCUT2D eigenvalue weighted by Gasteiger charge is -2.30. The molecule has 0 aromatic heterocycles. The van der Waals surface area contributed by atoms with Crippen LogP contribution in [-0.4, -0.2) is 61.0 Å². The van der Waals surface area contributed by atoms with Crippen LogP contribution in [0, 0.1) is 0 Å². The van der Waals surface area contributed by atoms with Gasteiger partial charge in [-0.05, 0) is 31.0 Å². The van der Waals surface area contributed by atoms with Crippen LogP contribution in [0.4, 0.5) is 18.9 Å². The number of amides is 1. The van der Waals surface area contributed by atoms with Crippen LogP contribution in [0.3, 0.4) is 0 Å². The van der Waals surface area contributed by atoms with Crippen LogP contribution in [0.2, 0.25) is 0 Å². The molecule has 1 unspecified atom stereocenters. The highest BCUT2D eigenvalue weighted by atomic mass is 19.4. The van der Waals surface area contributed by atoms with Gasteiger partial charge in [-0.1, -0.05) is 6.07 Å². The van der Waals surface area contributed by atoms with Crippen molar-refractivity contribution in [3.63, 3.8) is 0 Å². The Kier molecular flexibility index (Phi) is 6.44. The summed E-state index contributed by atoms with van der Waals surface area (Å²) in [6.45, 7) is -0.225. The zero-order valence-electron chi connectivity index (χ0n) is 13.2. The number of piperidine rings is 1. The maximum Gasteiger partial charge on any atom is 0.411 e. The van der Waals surface area contributed by atoms with E-state index in [9.17, 15) is 23.1 Å². The van der Waals surface area contributed by atoms with E-state index >= 15 is 0 Å². The molecule has 1 amide bonds. The molecule has 0 spiro atoms. The van der Waals surface area contributed by atoms with E-state index in [1.807, 2.05) is 0 Å². The van der Waals surface area contributed by atoms with E-state index in [0.29, 0.717) is 30.8 Å². The number of carbonyl (C=O) groups excluding carboxylic acids is 1. The molecule has 1 fully saturated rings. The zero-order valence-corrected chi connectivity index (χ0v) is 13.2. The van der Waals surface area contributed by atoms with Gasteiger partial charge >= 0.3 is 6.18 Å². The minimum Gasteiger partial charge on any atom is -0.391 e. The Morgan fingerprint density at radius 3 is 2.92 bits per heavy atom. The summed E-state index contributed by atoms with van der Waals surface area (Å²) in [7, 11) is 0. The molecule has 0 radical (unpaired) electrons. The van der Waals surface area contributed by atoms with E-state index in [4.69, 9.17) is 0 Å². The highest BCUT2D eigenvalue weighted by Crippen LogP contribution is 2.17. The van der Waals surface area contributed by atoms with Gasteiger partial charge in [-0.25, -0.2) is 0 Å². The third-order valence-electron chi connectivity index (χ3n) is 3.63. The minimum absolute atomic E-state index is 0.0873. The number of ether oxygens (including phenoxy) is 1. The Morgan fingerprint density at radius 2 is 2.21 bits per heavy atom. The van der Waals surface area contributed by atoms with Crippen molar-refractivity contribution in [2.45, 2.75) is 25.1 Å². The second kappa shape index (κ2) is 8.34. The fourth-order valence-electron chi connectivity index (χ4n) is 2.54. The summed E-state index contributed by atoms with van der Waals surface area (Å²) in [6, 6.07) is 6.75. The number of aliphatic hydroxyl groups excluding tert-OH is 1. The smallest absolute Gasteiger partial charge is 0.391 e. The second-order valence-electron chi connectivity index (χ2n) is 5.72. The van der Waals surface area contributed by atoms with Crippen LogP contribution in [0.25, 0.3) is 0 Å². The quantitative estimate of drug-likeness (QED) is 0.776. The molecule has 0 bridgehead atoms. The van der Waals surface area contributed by atoms with Crippen molar-refractivity contribution in [1.82, 2.24) is 4.90 Å². The first-order valence-electron chi connectivity index (χ1n) is 7.81. The Bertz CT molecular complexity index is 552. The number of halogens is 3. The number of carbonyl (C=O) groups is 1. The van der Waals surface area contributed by atoms with Crippen molar-refractivity contribution in [3.05, 3.63) is 29.8 Å². The summed E-state index contributed by atoms with van der Waals surface area (Å²) >= 11 is 0. The number of β-amino-alcohol motifs (C(OH)–C–C–N with tert-alkyl or cyclic N) is 1. The van der Waals surface area contributed by atoms with Gasteiger partial charge in [0.05, 0.1) is 12.7 Å². The SMILES string of the molecule is O=C(c1cccc(NCCOCC(F)(F)F)c1)N1CCCC(O)C1. The molecular weight excluding hydrogens is 325 g/mol. The molecule has 1 aromatic carbocycles. The Hall–Kier alpha value is -1.80. The Labute approximate surface area is 138 Å². The summed E-state index contributed by atoms with van der Waals surface area (Å²) < 4.78 is 40.4. The molecule has 1 heterocycles. The summed E-state index contributed by atoms with van der Waals surface area (Å²) in [5.41, 5.74) is 1.11. The van der Waals surface area contributed by atoms with Crippen molar-refractivity contribution in [1.29, 1.82) is 0 Å². The number of aliphatic hydroxyl groups is 1. The van der Waals surface area contributed by atoms with Crippen LogP contribution in [0.5, 0.6) is 0 Å². The monoisotopic (exact) mass is 346 g/mol. The van der Waals surface area contributed by atoms with E-state index in [0.717, 1.165) is 6.42 Å². The average Bonchev–Trinajstić information content (AvgIpc) is 2.53. The number of alkyl halides is 3. The fraction of sp³-hybridized carbons (Fsp3) is 0.562. The molecule has 1 saturated heterocycles. The van der Waals surface area contributed by atoms with Crippen molar-refractivity contribution in [2.24, 2.45) is 0 Å². The maximum absolute atomic E-state index is 12.4. The predicted octanol–water partition coefficient (Wildman–Crippen LogP) is 2.27. The number of hydrogen-bond donors (Lipinski definition) is 2. The topological polar surface area (TPSA) is 61.8 Å². The lowest BCUT2D eigenvalue weighted by molar-refractivity contribution is -0.172. The summed E-state index contributed by atoms with van der Waals surface area (Å²) in [5, 5.41) is 12.6. The van der Waals surface area contributed by atoms with Crippen LogP contribution in [-0.2, 0) is 4.74 Å². The molecular formula is C16H21F3N2O3. The zero-order chi connectivity index (χ0) is 17.6. The molecule has 5 nitrogen and oxygen atoms in total. The number of hydrogen-bond acceptors (Lipinski definition) is 4. The Morgan fingerprint density at radius 1 is 1.42 bits per heavy atom. The minimum atomic E-state index is -4.33. The maximum atomic E-state index is 12.4. The van der Waals surface area contributed by atoms with Gasteiger partial charge in [-0.2, -0.15) is 13.2 Å². The normalized spacial score (nSPS) is 18.5. The number of nitrogens with one attached hydrogen (secondary N) is 1. The standard InChI is InChI=1S/C16H21F3N2O3/c17-16(18,19)11-24-8-6-20-13-4-1-3-12(9-13)15(23)21-7-2-5-14(22)10-21/h1,3-4,9,14,20,22H,2,5-8,10-11H2. The van der Waals surface area contributed by atoms with Gasteiger partial charge in [0.25, 0.3) is 5.91 Å². The van der Waals surface area contributed by atoms with Crippen LogP contribution in [0.1, 0.15) is 23.2 Å². The highest BCUT2D eigenvalue weighted by Gasteiger charge is 2.27. The molecule has 0 aliphatic carbocycles. The van der Waals surface area contributed by atoms with Gasteiger partial charge in [0.2, 0.25) is 0 Å². The Balaban J connectivity index is 1.83. The first-order chi connectivity index (χ1) is 11.3. The molecule has 0 saturated carbocycles. The van der Waals surface area contributed by atoms with E-state index < -0.39 is 18.9 Å². The molecule has 1 aliphatic rings.